The van der Waals surface area contributed by atoms with E-state index in [0.717, 1.165) is 37.7 Å². The molecule has 1 saturated heterocycles. The highest BCUT2D eigenvalue weighted by molar-refractivity contribution is 5.95. The SMILES string of the molecule is CCC[C@](O)([C@@H]1O[C@@H]1[C@](C)(O)C(C)C)[C@@H]1CC[C@]2(O)C3=CC(=O)[C@H]4C[C@@H](O)CC[C@]4(C)[C@@H]3[C@H](CCc3ccccc3)C[C@]12C. The highest BCUT2D eigenvalue weighted by Gasteiger charge is 2.74. The molecule has 244 valence electrons. The molecule has 0 amide bonds. The lowest BCUT2D eigenvalue weighted by Crippen LogP contribution is -2.64. The third-order valence-electron chi connectivity index (χ3n) is 13.8. The zero-order valence-electron chi connectivity index (χ0n) is 27.8. The minimum absolute atomic E-state index is 0.0293. The van der Waals surface area contributed by atoms with E-state index in [-0.39, 0.29) is 40.8 Å². The van der Waals surface area contributed by atoms with Gasteiger partial charge in [0.05, 0.1) is 22.9 Å². The Labute approximate surface area is 264 Å². The standard InChI is InChI=1S/C38H56O6/c1-7-17-37(42,33-32(44-33)36(6,41)23(2)3)30-16-19-38(43)28-21-29(40)27-20-26(39)15-18-34(27,4)31(28)25(22-35(30,38)5)14-13-24-11-9-8-10-12-24/h8-12,21,23,25-27,30-33,39,41-43H,7,13-20,22H2,1-6H3/t25-,26+,27-,30-,31-,32+,33-,34+,35-,36-,37-,38+/m1/s1. The van der Waals surface area contributed by atoms with Gasteiger partial charge in [-0.3, -0.25) is 4.79 Å². The number of aliphatic hydroxyl groups is 4. The third kappa shape index (κ3) is 4.72. The molecule has 0 radical (unpaired) electrons. The maximum atomic E-state index is 13.9. The first kappa shape index (κ1) is 32.4. The lowest BCUT2D eigenvalue weighted by Gasteiger charge is -2.63. The number of aliphatic hydroxyl groups excluding tert-OH is 1. The first-order chi connectivity index (χ1) is 20.6. The number of allylic oxidation sites excluding steroid dienone is 1. The van der Waals surface area contributed by atoms with Gasteiger partial charge >= 0.3 is 0 Å². The molecule has 6 rings (SSSR count). The van der Waals surface area contributed by atoms with Gasteiger partial charge in [-0.05, 0) is 111 Å². The van der Waals surface area contributed by atoms with Gasteiger partial charge in [-0.1, -0.05) is 71.4 Å². The molecule has 5 aliphatic rings. The summed E-state index contributed by atoms with van der Waals surface area (Å²) in [5, 5.41) is 47.7. The van der Waals surface area contributed by atoms with E-state index in [2.05, 4.69) is 45.0 Å². The Balaban J connectivity index is 1.42. The second-order valence-corrected chi connectivity index (χ2v) is 16.4. The Morgan fingerprint density at radius 1 is 1.07 bits per heavy atom. The molecule has 6 nitrogen and oxygen atoms in total. The lowest BCUT2D eigenvalue weighted by atomic mass is 9.42. The van der Waals surface area contributed by atoms with Gasteiger partial charge in [0.25, 0.3) is 0 Å². The van der Waals surface area contributed by atoms with Crippen LogP contribution in [0.25, 0.3) is 0 Å². The summed E-state index contributed by atoms with van der Waals surface area (Å²) in [6.07, 6.45) is 7.36. The van der Waals surface area contributed by atoms with Gasteiger partial charge in [0.1, 0.15) is 12.2 Å². The summed E-state index contributed by atoms with van der Waals surface area (Å²) >= 11 is 0. The molecule has 1 aliphatic heterocycles. The van der Waals surface area contributed by atoms with Crippen molar-refractivity contribution in [2.45, 2.75) is 141 Å². The number of epoxide rings is 1. The van der Waals surface area contributed by atoms with Crippen molar-refractivity contribution in [1.82, 2.24) is 0 Å². The van der Waals surface area contributed by atoms with Crippen molar-refractivity contribution >= 4 is 5.78 Å². The van der Waals surface area contributed by atoms with Gasteiger partial charge in [-0.25, -0.2) is 0 Å². The van der Waals surface area contributed by atoms with Crippen LogP contribution in [0.1, 0.15) is 105 Å². The maximum Gasteiger partial charge on any atom is 0.159 e. The van der Waals surface area contributed by atoms with E-state index in [9.17, 15) is 25.2 Å². The van der Waals surface area contributed by atoms with E-state index in [1.165, 1.54) is 5.56 Å². The van der Waals surface area contributed by atoms with Crippen molar-refractivity contribution in [3.05, 3.63) is 47.5 Å². The monoisotopic (exact) mass is 608 g/mol. The van der Waals surface area contributed by atoms with Crippen LogP contribution in [0, 0.1) is 40.4 Å². The second-order valence-electron chi connectivity index (χ2n) is 16.4. The average Bonchev–Trinajstić information content (AvgIpc) is 3.74. The lowest BCUT2D eigenvalue weighted by molar-refractivity contribution is -0.170. The number of hydrogen-bond acceptors (Lipinski definition) is 6. The minimum Gasteiger partial charge on any atom is -0.393 e. The molecule has 1 aromatic rings. The number of ether oxygens (including phenoxy) is 1. The zero-order valence-corrected chi connectivity index (χ0v) is 27.8. The van der Waals surface area contributed by atoms with E-state index < -0.39 is 40.5 Å². The fourth-order valence-corrected chi connectivity index (χ4v) is 10.9. The number of aryl methyl sites for hydroxylation is 1. The zero-order chi connectivity index (χ0) is 31.9. The summed E-state index contributed by atoms with van der Waals surface area (Å²) in [4.78, 5) is 13.9. The first-order valence-electron chi connectivity index (χ1n) is 17.4. The highest BCUT2D eigenvalue weighted by Crippen LogP contribution is 2.71. The van der Waals surface area contributed by atoms with Crippen molar-refractivity contribution in [1.29, 1.82) is 0 Å². The fourth-order valence-electron chi connectivity index (χ4n) is 10.9. The molecule has 12 atom stereocenters. The van der Waals surface area contributed by atoms with Crippen LogP contribution < -0.4 is 0 Å². The van der Waals surface area contributed by atoms with Crippen LogP contribution in [0.15, 0.2) is 42.0 Å². The van der Waals surface area contributed by atoms with Gasteiger partial charge in [0.2, 0.25) is 0 Å². The Morgan fingerprint density at radius 3 is 2.43 bits per heavy atom. The molecule has 0 aromatic heterocycles. The van der Waals surface area contributed by atoms with E-state index in [1.54, 1.807) is 6.08 Å². The average molecular weight is 609 g/mol. The summed E-state index contributed by atoms with van der Waals surface area (Å²) in [5.74, 6) is -0.206. The highest BCUT2D eigenvalue weighted by atomic mass is 16.6. The Kier molecular flexibility index (Phi) is 8.10. The Morgan fingerprint density at radius 2 is 1.77 bits per heavy atom. The van der Waals surface area contributed by atoms with Crippen LogP contribution in [0.2, 0.25) is 0 Å². The van der Waals surface area contributed by atoms with Crippen molar-refractivity contribution < 1.29 is 30.0 Å². The molecule has 3 saturated carbocycles. The van der Waals surface area contributed by atoms with Crippen LogP contribution in [-0.2, 0) is 16.0 Å². The van der Waals surface area contributed by atoms with Gasteiger partial charge < -0.3 is 25.2 Å². The summed E-state index contributed by atoms with van der Waals surface area (Å²) in [5.41, 5.74) is -2.30. The van der Waals surface area contributed by atoms with E-state index >= 15 is 0 Å². The molecular weight excluding hydrogens is 552 g/mol. The predicted molar refractivity (Wildman–Crippen MR) is 171 cm³/mol. The maximum absolute atomic E-state index is 13.9. The van der Waals surface area contributed by atoms with Crippen LogP contribution in [-0.4, -0.2) is 61.3 Å². The van der Waals surface area contributed by atoms with Crippen LogP contribution in [0.3, 0.4) is 0 Å². The van der Waals surface area contributed by atoms with Gasteiger partial charge in [-0.15, -0.1) is 0 Å². The van der Waals surface area contributed by atoms with Crippen molar-refractivity contribution in [3.63, 3.8) is 0 Å². The fraction of sp³-hybridized carbons (Fsp3) is 0.763. The third-order valence-corrected chi connectivity index (χ3v) is 13.8. The van der Waals surface area contributed by atoms with Crippen LogP contribution >= 0.6 is 0 Å². The molecule has 4 fully saturated rings. The summed E-state index contributed by atoms with van der Waals surface area (Å²) in [6.45, 7) is 12.3. The van der Waals surface area contributed by atoms with Crippen LogP contribution in [0.5, 0.6) is 0 Å². The largest absolute Gasteiger partial charge is 0.393 e. The van der Waals surface area contributed by atoms with Gasteiger partial charge in [0, 0.05) is 11.3 Å². The number of carbonyl (C=O) groups is 1. The summed E-state index contributed by atoms with van der Waals surface area (Å²) in [6, 6.07) is 10.5. The number of ketones is 1. The Bertz CT molecular complexity index is 1270. The number of fused-ring (bicyclic) bond motifs is 5. The number of carbonyl (C=O) groups excluding carboxylic acids is 1. The molecular formula is C38H56O6. The predicted octanol–water partition coefficient (Wildman–Crippen LogP) is 5.78. The first-order valence-corrected chi connectivity index (χ1v) is 17.4. The summed E-state index contributed by atoms with van der Waals surface area (Å²) in [7, 11) is 0. The van der Waals surface area contributed by atoms with Crippen molar-refractivity contribution in [3.8, 4) is 0 Å². The van der Waals surface area contributed by atoms with Gasteiger partial charge in [-0.2, -0.15) is 0 Å². The van der Waals surface area contributed by atoms with Crippen molar-refractivity contribution in [2.24, 2.45) is 40.4 Å². The van der Waals surface area contributed by atoms with E-state index in [1.807, 2.05) is 26.8 Å². The quantitative estimate of drug-likeness (QED) is 0.265. The van der Waals surface area contributed by atoms with Crippen LogP contribution in [0.4, 0.5) is 0 Å². The molecule has 4 N–H and O–H groups in total. The molecule has 4 aliphatic carbocycles. The molecule has 0 spiro atoms. The smallest absolute Gasteiger partial charge is 0.159 e. The molecule has 1 heterocycles. The number of hydrogen-bond donors (Lipinski definition) is 4. The van der Waals surface area contributed by atoms with E-state index in [4.69, 9.17) is 4.74 Å². The number of benzene rings is 1. The molecule has 1 aromatic carbocycles. The normalized spacial score (nSPS) is 44.2. The molecule has 0 bridgehead atoms. The summed E-state index contributed by atoms with van der Waals surface area (Å²) < 4.78 is 6.21. The molecule has 0 unspecified atom stereocenters. The topological polar surface area (TPSA) is 111 Å². The van der Waals surface area contributed by atoms with Crippen molar-refractivity contribution in [2.75, 3.05) is 0 Å². The second kappa shape index (κ2) is 11.0. The molecule has 44 heavy (non-hydrogen) atoms. The number of rotatable bonds is 9. The van der Waals surface area contributed by atoms with Gasteiger partial charge in [0.15, 0.2) is 5.78 Å². The van der Waals surface area contributed by atoms with E-state index in [0.29, 0.717) is 32.1 Å². The molecule has 6 heteroatoms. The Hall–Kier alpha value is -1.57. The minimum atomic E-state index is -1.21.